The number of carbonyl (C=O) groups excluding carboxylic acids is 1. The van der Waals surface area contributed by atoms with Gasteiger partial charge in [-0.25, -0.2) is 12.7 Å². The number of ether oxygens (including phenoxy) is 3. The Morgan fingerprint density at radius 3 is 2.60 bits per heavy atom. The molecule has 8 nitrogen and oxygen atoms in total. The Morgan fingerprint density at radius 1 is 1.20 bits per heavy atom. The SMILES string of the molecule is COc1ccc(S(=O)(=O)N(C)C)cc1NC(=O)COc1cccc2c1OC(C)(C)C2. The van der Waals surface area contributed by atoms with Crippen molar-refractivity contribution >= 4 is 21.6 Å². The zero-order valence-electron chi connectivity index (χ0n) is 17.7. The van der Waals surface area contributed by atoms with Crippen LogP contribution in [0, 0.1) is 0 Å². The molecule has 0 aromatic heterocycles. The number of rotatable bonds is 7. The maximum absolute atomic E-state index is 12.5. The molecule has 0 aliphatic carbocycles. The van der Waals surface area contributed by atoms with Crippen molar-refractivity contribution in [2.24, 2.45) is 0 Å². The average molecular weight is 435 g/mol. The number of methoxy groups -OCH3 is 1. The Morgan fingerprint density at radius 2 is 1.93 bits per heavy atom. The summed E-state index contributed by atoms with van der Waals surface area (Å²) in [4.78, 5) is 12.5. The van der Waals surface area contributed by atoms with Crippen LogP contribution < -0.4 is 19.5 Å². The number of benzene rings is 2. The summed E-state index contributed by atoms with van der Waals surface area (Å²) in [5, 5.41) is 2.65. The van der Waals surface area contributed by atoms with Crippen LogP contribution >= 0.6 is 0 Å². The van der Waals surface area contributed by atoms with Crippen molar-refractivity contribution in [1.82, 2.24) is 4.31 Å². The molecule has 1 aliphatic heterocycles. The number of hydrogen-bond donors (Lipinski definition) is 1. The third-order valence-electron chi connectivity index (χ3n) is 4.64. The average Bonchev–Trinajstić information content (AvgIpc) is 3.00. The predicted octanol–water partition coefficient (Wildman–Crippen LogP) is 2.68. The van der Waals surface area contributed by atoms with Crippen molar-refractivity contribution in [2.75, 3.05) is 33.1 Å². The van der Waals surface area contributed by atoms with Gasteiger partial charge in [-0.2, -0.15) is 0 Å². The number of sulfonamides is 1. The summed E-state index contributed by atoms with van der Waals surface area (Å²) in [6.07, 6.45) is 0.760. The van der Waals surface area contributed by atoms with E-state index in [2.05, 4.69) is 5.32 Å². The highest BCUT2D eigenvalue weighted by Gasteiger charge is 2.32. The van der Waals surface area contributed by atoms with E-state index in [4.69, 9.17) is 14.2 Å². The lowest BCUT2D eigenvalue weighted by Crippen LogP contribution is -2.25. The van der Waals surface area contributed by atoms with E-state index in [0.29, 0.717) is 17.2 Å². The molecule has 2 aromatic carbocycles. The topological polar surface area (TPSA) is 94.2 Å². The summed E-state index contributed by atoms with van der Waals surface area (Å²) in [5.41, 5.74) is 0.946. The van der Waals surface area contributed by atoms with Gasteiger partial charge in [-0.05, 0) is 38.1 Å². The van der Waals surface area contributed by atoms with E-state index in [9.17, 15) is 13.2 Å². The lowest BCUT2D eigenvalue weighted by atomic mass is 10.0. The first-order valence-corrected chi connectivity index (χ1v) is 10.8. The molecule has 1 amide bonds. The van der Waals surface area contributed by atoms with Gasteiger partial charge in [0, 0.05) is 26.1 Å². The first kappa shape index (κ1) is 21.9. The second-order valence-corrected chi connectivity index (χ2v) is 9.92. The van der Waals surface area contributed by atoms with E-state index >= 15 is 0 Å². The molecule has 0 radical (unpaired) electrons. The standard InChI is InChI=1S/C21H26N2O6S/c1-21(2)12-14-7-6-8-18(20(14)29-21)28-13-19(24)22-16-11-15(9-10-17(16)27-5)30(25,26)23(3)4/h6-11H,12-13H2,1-5H3,(H,22,24). The third-order valence-corrected chi connectivity index (χ3v) is 6.45. The lowest BCUT2D eigenvalue weighted by Gasteiger charge is -2.18. The van der Waals surface area contributed by atoms with Gasteiger partial charge in [0.25, 0.3) is 5.91 Å². The molecular weight excluding hydrogens is 408 g/mol. The molecule has 1 aliphatic rings. The maximum atomic E-state index is 12.5. The Balaban J connectivity index is 1.74. The molecule has 3 rings (SSSR count). The van der Waals surface area contributed by atoms with E-state index in [1.54, 1.807) is 6.07 Å². The number of anilines is 1. The van der Waals surface area contributed by atoms with E-state index in [-0.39, 0.29) is 22.8 Å². The van der Waals surface area contributed by atoms with Crippen LogP contribution in [-0.4, -0.2) is 52.0 Å². The first-order valence-electron chi connectivity index (χ1n) is 9.37. The summed E-state index contributed by atoms with van der Waals surface area (Å²) in [5.74, 6) is 1.02. The number of hydrogen-bond acceptors (Lipinski definition) is 6. The molecule has 0 saturated heterocycles. The third kappa shape index (κ3) is 4.52. The van der Waals surface area contributed by atoms with Gasteiger partial charge >= 0.3 is 0 Å². The lowest BCUT2D eigenvalue weighted by molar-refractivity contribution is -0.118. The highest BCUT2D eigenvalue weighted by Crippen LogP contribution is 2.41. The predicted molar refractivity (Wildman–Crippen MR) is 113 cm³/mol. The number of carbonyl (C=O) groups is 1. The minimum Gasteiger partial charge on any atom is -0.495 e. The van der Waals surface area contributed by atoms with Gasteiger partial charge in [0.1, 0.15) is 11.4 Å². The number of para-hydroxylation sites is 1. The van der Waals surface area contributed by atoms with Crippen molar-refractivity contribution in [2.45, 2.75) is 30.8 Å². The molecule has 0 fully saturated rings. The highest BCUT2D eigenvalue weighted by molar-refractivity contribution is 7.89. The van der Waals surface area contributed by atoms with E-state index in [1.165, 1.54) is 39.4 Å². The van der Waals surface area contributed by atoms with E-state index in [0.717, 1.165) is 16.3 Å². The molecule has 0 atom stereocenters. The Labute approximate surface area is 176 Å². The molecule has 30 heavy (non-hydrogen) atoms. The fraction of sp³-hybridized carbons (Fsp3) is 0.381. The molecule has 162 valence electrons. The van der Waals surface area contributed by atoms with Crippen molar-refractivity contribution in [3.8, 4) is 17.2 Å². The molecule has 0 saturated carbocycles. The van der Waals surface area contributed by atoms with Crippen LogP contribution in [0.3, 0.4) is 0 Å². The van der Waals surface area contributed by atoms with Gasteiger partial charge in [0.2, 0.25) is 10.0 Å². The number of nitrogens with one attached hydrogen (secondary N) is 1. The van der Waals surface area contributed by atoms with Gasteiger partial charge in [-0.3, -0.25) is 4.79 Å². The van der Waals surface area contributed by atoms with Crippen LogP contribution in [0.15, 0.2) is 41.3 Å². The Kier molecular flexibility index (Phi) is 5.96. The van der Waals surface area contributed by atoms with Crippen LogP contribution in [-0.2, 0) is 21.2 Å². The largest absolute Gasteiger partial charge is 0.495 e. The summed E-state index contributed by atoms with van der Waals surface area (Å²) in [6.45, 7) is 3.71. The minimum absolute atomic E-state index is 0.0426. The smallest absolute Gasteiger partial charge is 0.262 e. The van der Waals surface area contributed by atoms with Crippen molar-refractivity contribution < 1.29 is 27.4 Å². The van der Waals surface area contributed by atoms with Crippen molar-refractivity contribution in [3.63, 3.8) is 0 Å². The molecule has 0 unspecified atom stereocenters. The number of nitrogens with zero attached hydrogens (tertiary/aromatic N) is 1. The zero-order chi connectivity index (χ0) is 22.1. The normalized spacial score (nSPS) is 14.7. The number of amides is 1. The maximum Gasteiger partial charge on any atom is 0.262 e. The van der Waals surface area contributed by atoms with Crippen molar-refractivity contribution in [1.29, 1.82) is 0 Å². The summed E-state index contributed by atoms with van der Waals surface area (Å²) >= 11 is 0. The molecule has 9 heteroatoms. The van der Waals surface area contributed by atoms with Gasteiger partial charge in [-0.15, -0.1) is 0 Å². The van der Waals surface area contributed by atoms with Crippen molar-refractivity contribution in [3.05, 3.63) is 42.0 Å². The molecule has 1 N–H and O–H groups in total. The second-order valence-electron chi connectivity index (χ2n) is 7.77. The summed E-state index contributed by atoms with van der Waals surface area (Å²) in [7, 11) is 0.659. The zero-order valence-corrected chi connectivity index (χ0v) is 18.5. The van der Waals surface area contributed by atoms with Crippen LogP contribution in [0.2, 0.25) is 0 Å². The fourth-order valence-corrected chi connectivity index (χ4v) is 4.12. The quantitative estimate of drug-likeness (QED) is 0.720. The molecular formula is C21H26N2O6S. The Hall–Kier alpha value is -2.78. The minimum atomic E-state index is -3.65. The Bertz CT molecular complexity index is 1060. The van der Waals surface area contributed by atoms with E-state index in [1.807, 2.05) is 26.0 Å². The van der Waals surface area contributed by atoms with Crippen LogP contribution in [0.4, 0.5) is 5.69 Å². The van der Waals surface area contributed by atoms with Gasteiger partial charge in [-0.1, -0.05) is 12.1 Å². The fourth-order valence-electron chi connectivity index (χ4n) is 3.19. The monoisotopic (exact) mass is 434 g/mol. The van der Waals surface area contributed by atoms with Crippen LogP contribution in [0.25, 0.3) is 0 Å². The molecule has 1 heterocycles. The van der Waals surface area contributed by atoms with E-state index < -0.39 is 15.9 Å². The van der Waals surface area contributed by atoms with Gasteiger partial charge < -0.3 is 19.5 Å². The van der Waals surface area contributed by atoms with Crippen LogP contribution in [0.5, 0.6) is 17.2 Å². The van der Waals surface area contributed by atoms with Gasteiger partial charge in [0.05, 0.1) is 17.7 Å². The summed E-state index contributed by atoms with van der Waals surface area (Å²) < 4.78 is 42.7. The van der Waals surface area contributed by atoms with Gasteiger partial charge in [0.15, 0.2) is 18.1 Å². The van der Waals surface area contributed by atoms with Crippen LogP contribution in [0.1, 0.15) is 19.4 Å². The first-order chi connectivity index (χ1) is 14.0. The second kappa shape index (κ2) is 8.16. The molecule has 0 spiro atoms. The molecule has 2 aromatic rings. The summed E-state index contributed by atoms with van der Waals surface area (Å²) in [6, 6.07) is 9.85. The number of fused-ring (bicyclic) bond motifs is 1. The highest BCUT2D eigenvalue weighted by atomic mass is 32.2. The molecule has 0 bridgehead atoms.